The van der Waals surface area contributed by atoms with Crippen LogP contribution in [-0.2, 0) is 9.53 Å². The van der Waals surface area contributed by atoms with Crippen molar-refractivity contribution < 1.29 is 14.3 Å². The smallest absolute Gasteiger partial charge is 0.349 e. The van der Waals surface area contributed by atoms with Gasteiger partial charge in [-0.2, -0.15) is 0 Å². The molecule has 20 heavy (non-hydrogen) atoms. The van der Waals surface area contributed by atoms with Crippen molar-refractivity contribution in [3.05, 3.63) is 34.7 Å². The van der Waals surface area contributed by atoms with Crippen molar-refractivity contribution in [3.8, 4) is 0 Å². The molecule has 1 fully saturated rings. The molecule has 1 aromatic heterocycles. The van der Waals surface area contributed by atoms with Gasteiger partial charge in [0.15, 0.2) is 6.61 Å². The lowest BCUT2D eigenvalue weighted by molar-refractivity contribution is -0.124. The van der Waals surface area contributed by atoms with Gasteiger partial charge in [0, 0.05) is 10.7 Å². The quantitative estimate of drug-likeness (QED) is 0.880. The van der Waals surface area contributed by atoms with Gasteiger partial charge in [-0.15, -0.1) is 11.3 Å². The zero-order valence-corrected chi connectivity index (χ0v) is 12.0. The van der Waals surface area contributed by atoms with Gasteiger partial charge in [0.25, 0.3) is 5.91 Å². The van der Waals surface area contributed by atoms with E-state index in [9.17, 15) is 9.59 Å². The molecule has 0 aliphatic heterocycles. The Morgan fingerprint density at radius 3 is 2.80 bits per heavy atom. The molecule has 0 atom stereocenters. The Labute approximate surface area is 120 Å². The third-order valence-corrected chi connectivity index (χ3v) is 4.56. The Balaban J connectivity index is 1.68. The number of aryl methyl sites for hydroxylation is 1. The topological polar surface area (TPSA) is 55.4 Å². The van der Waals surface area contributed by atoms with Gasteiger partial charge in [0.2, 0.25) is 0 Å². The van der Waals surface area contributed by atoms with E-state index < -0.39 is 5.97 Å². The van der Waals surface area contributed by atoms with Gasteiger partial charge >= 0.3 is 5.97 Å². The van der Waals surface area contributed by atoms with Crippen LogP contribution in [0.3, 0.4) is 0 Å². The summed E-state index contributed by atoms with van der Waals surface area (Å²) in [7, 11) is 0. The van der Waals surface area contributed by atoms with E-state index in [0.717, 1.165) is 28.5 Å². The Bertz CT molecular complexity index is 673. The summed E-state index contributed by atoms with van der Waals surface area (Å²) < 4.78 is 6.14. The van der Waals surface area contributed by atoms with Crippen molar-refractivity contribution in [1.29, 1.82) is 0 Å². The molecule has 4 nitrogen and oxygen atoms in total. The summed E-state index contributed by atoms with van der Waals surface area (Å²) >= 11 is 1.40. The maximum absolute atomic E-state index is 12.0. The Morgan fingerprint density at radius 1 is 1.35 bits per heavy atom. The summed E-state index contributed by atoms with van der Waals surface area (Å²) in [6.07, 6.45) is 2.05. The van der Waals surface area contributed by atoms with E-state index in [1.165, 1.54) is 11.3 Å². The Kier molecular flexibility index (Phi) is 3.44. The summed E-state index contributed by atoms with van der Waals surface area (Å²) in [4.78, 5) is 24.1. The van der Waals surface area contributed by atoms with Crippen molar-refractivity contribution in [2.45, 2.75) is 25.8 Å². The number of esters is 1. The number of fused-ring (bicyclic) bond motifs is 1. The van der Waals surface area contributed by atoms with Gasteiger partial charge in [-0.1, -0.05) is 18.2 Å². The lowest BCUT2D eigenvalue weighted by Gasteiger charge is -2.04. The molecule has 0 spiro atoms. The number of rotatable bonds is 4. The molecule has 104 valence electrons. The van der Waals surface area contributed by atoms with E-state index >= 15 is 0 Å². The van der Waals surface area contributed by atoms with Crippen LogP contribution < -0.4 is 5.32 Å². The molecule has 0 saturated heterocycles. The van der Waals surface area contributed by atoms with Crippen molar-refractivity contribution >= 4 is 33.3 Å². The molecule has 0 unspecified atom stereocenters. The first kappa shape index (κ1) is 13.1. The van der Waals surface area contributed by atoms with Crippen molar-refractivity contribution in [3.63, 3.8) is 0 Å². The minimum absolute atomic E-state index is 0.205. The van der Waals surface area contributed by atoms with Crippen LogP contribution in [0.25, 0.3) is 10.1 Å². The van der Waals surface area contributed by atoms with Gasteiger partial charge in [-0.05, 0) is 36.8 Å². The number of carbonyl (C=O) groups is 2. The van der Waals surface area contributed by atoms with E-state index in [4.69, 9.17) is 4.74 Å². The molecule has 1 heterocycles. The van der Waals surface area contributed by atoms with Gasteiger partial charge in [-0.3, -0.25) is 4.79 Å². The second kappa shape index (κ2) is 5.25. The first-order valence-corrected chi connectivity index (χ1v) is 7.41. The normalized spacial score (nSPS) is 14.2. The molecule has 1 aliphatic rings. The molecule has 1 amide bonds. The monoisotopic (exact) mass is 289 g/mol. The number of thiophene rings is 1. The minimum atomic E-state index is -0.422. The minimum Gasteiger partial charge on any atom is -0.451 e. The summed E-state index contributed by atoms with van der Waals surface area (Å²) in [5.74, 6) is -0.644. The second-order valence-electron chi connectivity index (χ2n) is 4.97. The van der Waals surface area contributed by atoms with E-state index in [0.29, 0.717) is 4.88 Å². The summed E-state index contributed by atoms with van der Waals surface area (Å²) in [5.41, 5.74) is 0.915. The fraction of sp³-hybridized carbons (Fsp3) is 0.333. The molecule has 5 heteroatoms. The molecule has 0 bridgehead atoms. The molecule has 2 aromatic rings. The predicted octanol–water partition coefficient (Wildman–Crippen LogP) is 2.65. The molecular weight excluding hydrogens is 274 g/mol. The molecule has 0 radical (unpaired) electrons. The number of amides is 1. The number of nitrogens with one attached hydrogen (secondary N) is 1. The highest BCUT2D eigenvalue weighted by Crippen LogP contribution is 2.30. The fourth-order valence-corrected chi connectivity index (χ4v) is 3.17. The number of ether oxygens (including phenoxy) is 1. The zero-order chi connectivity index (χ0) is 14.1. The molecule has 3 rings (SSSR count). The third-order valence-electron chi connectivity index (χ3n) is 3.31. The second-order valence-corrected chi connectivity index (χ2v) is 6.02. The predicted molar refractivity (Wildman–Crippen MR) is 78.0 cm³/mol. The highest BCUT2D eigenvalue weighted by molar-refractivity contribution is 7.21. The van der Waals surface area contributed by atoms with Crippen LogP contribution in [-0.4, -0.2) is 24.5 Å². The third kappa shape index (κ3) is 2.67. The summed E-state index contributed by atoms with van der Waals surface area (Å²) in [5, 5.41) is 3.85. The number of hydrogen-bond acceptors (Lipinski definition) is 4. The maximum atomic E-state index is 12.0. The molecular formula is C15H15NO3S. The summed E-state index contributed by atoms with van der Waals surface area (Å²) in [6.45, 7) is 1.70. The SMILES string of the molecule is Cc1c(C(=O)OCC(=O)NC2CC2)sc2ccccc12. The highest BCUT2D eigenvalue weighted by Gasteiger charge is 2.24. The largest absolute Gasteiger partial charge is 0.451 e. The molecule has 1 aliphatic carbocycles. The average Bonchev–Trinajstić information content (AvgIpc) is 3.19. The summed E-state index contributed by atoms with van der Waals surface area (Å²) in [6, 6.07) is 8.13. The van der Waals surface area contributed by atoms with E-state index in [-0.39, 0.29) is 18.6 Å². The first-order chi connectivity index (χ1) is 9.65. The number of carbonyl (C=O) groups excluding carboxylic acids is 2. The van der Waals surface area contributed by atoms with Crippen molar-refractivity contribution in [2.24, 2.45) is 0 Å². The van der Waals surface area contributed by atoms with Crippen LogP contribution >= 0.6 is 11.3 Å². The molecule has 1 N–H and O–H groups in total. The van der Waals surface area contributed by atoms with E-state index in [1.807, 2.05) is 31.2 Å². The first-order valence-electron chi connectivity index (χ1n) is 6.60. The van der Waals surface area contributed by atoms with Gasteiger partial charge < -0.3 is 10.1 Å². The van der Waals surface area contributed by atoms with Gasteiger partial charge in [0.1, 0.15) is 4.88 Å². The van der Waals surface area contributed by atoms with Gasteiger partial charge in [-0.25, -0.2) is 4.79 Å². The lowest BCUT2D eigenvalue weighted by atomic mass is 10.1. The maximum Gasteiger partial charge on any atom is 0.349 e. The van der Waals surface area contributed by atoms with E-state index in [2.05, 4.69) is 5.32 Å². The standard InChI is InChI=1S/C15H15NO3S/c1-9-11-4-2-3-5-12(11)20-14(9)15(18)19-8-13(17)16-10-6-7-10/h2-5,10H,6-8H2,1H3,(H,16,17). The van der Waals surface area contributed by atoms with Crippen LogP contribution in [0.5, 0.6) is 0 Å². The van der Waals surface area contributed by atoms with E-state index in [1.54, 1.807) is 0 Å². The van der Waals surface area contributed by atoms with Crippen LogP contribution in [0.15, 0.2) is 24.3 Å². The van der Waals surface area contributed by atoms with Crippen LogP contribution in [0, 0.1) is 6.92 Å². The Hall–Kier alpha value is -1.88. The average molecular weight is 289 g/mol. The zero-order valence-electron chi connectivity index (χ0n) is 11.1. The van der Waals surface area contributed by atoms with Crippen molar-refractivity contribution in [1.82, 2.24) is 5.32 Å². The van der Waals surface area contributed by atoms with Crippen LogP contribution in [0.2, 0.25) is 0 Å². The lowest BCUT2D eigenvalue weighted by Crippen LogP contribution is -2.30. The van der Waals surface area contributed by atoms with Gasteiger partial charge in [0.05, 0.1) is 0 Å². The molecule has 1 saturated carbocycles. The fourth-order valence-electron chi connectivity index (χ4n) is 2.06. The van der Waals surface area contributed by atoms with Crippen LogP contribution in [0.1, 0.15) is 28.1 Å². The highest BCUT2D eigenvalue weighted by atomic mass is 32.1. The molecule has 1 aromatic carbocycles. The number of benzene rings is 1. The Morgan fingerprint density at radius 2 is 2.10 bits per heavy atom. The van der Waals surface area contributed by atoms with Crippen molar-refractivity contribution in [2.75, 3.05) is 6.61 Å². The number of hydrogen-bond donors (Lipinski definition) is 1. The van der Waals surface area contributed by atoms with Crippen LogP contribution in [0.4, 0.5) is 0 Å².